The van der Waals surface area contributed by atoms with Crippen LogP contribution in [-0.2, 0) is 6.42 Å². The van der Waals surface area contributed by atoms with Gasteiger partial charge in [-0.2, -0.15) is 0 Å². The molecule has 156 valence electrons. The van der Waals surface area contributed by atoms with Gasteiger partial charge in [-0.05, 0) is 63.4 Å². The van der Waals surface area contributed by atoms with Gasteiger partial charge >= 0.3 is 0 Å². The summed E-state index contributed by atoms with van der Waals surface area (Å²) in [7, 11) is 2.22. The molecule has 4 aliphatic rings. The van der Waals surface area contributed by atoms with Gasteiger partial charge in [0.05, 0.1) is 30.4 Å². The van der Waals surface area contributed by atoms with Crippen molar-refractivity contribution in [2.45, 2.75) is 44.2 Å². The van der Waals surface area contributed by atoms with E-state index in [1.54, 1.807) is 0 Å². The van der Waals surface area contributed by atoms with Gasteiger partial charge in [-0.25, -0.2) is 4.99 Å². The summed E-state index contributed by atoms with van der Waals surface area (Å²) in [5.41, 5.74) is 3.88. The van der Waals surface area contributed by atoms with Crippen LogP contribution in [0.15, 0.2) is 35.1 Å². The van der Waals surface area contributed by atoms with Crippen LogP contribution in [0.5, 0.6) is 0 Å². The number of aliphatic imine (C=N–C) groups is 1. The van der Waals surface area contributed by atoms with Gasteiger partial charge in [-0.15, -0.1) is 0 Å². The average molecular weight is 395 g/mol. The smallest absolute Gasteiger partial charge is 0.0922 e. The summed E-state index contributed by atoms with van der Waals surface area (Å²) >= 11 is 0. The molecule has 2 saturated heterocycles. The van der Waals surface area contributed by atoms with Gasteiger partial charge in [0.25, 0.3) is 0 Å². The van der Waals surface area contributed by atoms with Crippen molar-refractivity contribution in [3.8, 4) is 0 Å². The zero-order valence-corrected chi connectivity index (χ0v) is 17.7. The van der Waals surface area contributed by atoms with Crippen LogP contribution >= 0.6 is 0 Å². The third-order valence-corrected chi connectivity index (χ3v) is 7.11. The van der Waals surface area contributed by atoms with Crippen molar-refractivity contribution in [1.29, 1.82) is 0 Å². The first-order valence-corrected chi connectivity index (χ1v) is 11.3. The minimum absolute atomic E-state index is 0.414. The van der Waals surface area contributed by atoms with Gasteiger partial charge in [0.15, 0.2) is 0 Å². The third-order valence-electron chi connectivity index (χ3n) is 7.11. The van der Waals surface area contributed by atoms with Crippen molar-refractivity contribution in [3.05, 3.63) is 41.4 Å². The number of hydrogen-bond acceptors (Lipinski definition) is 6. The molecule has 1 aromatic heterocycles. The Hall–Kier alpha value is -1.76. The van der Waals surface area contributed by atoms with Crippen LogP contribution in [0.3, 0.4) is 0 Å². The van der Waals surface area contributed by atoms with E-state index in [4.69, 9.17) is 9.98 Å². The van der Waals surface area contributed by atoms with Gasteiger partial charge < -0.3 is 4.90 Å². The standard InChI is InChI=1S/C23H34N6/c1-26(22-8-2-5-19-6-3-10-24-23(19)22)15-20-9-12-28(17-25-20)18-27-13-14-29-11-4-7-21(29)16-27/h3,6,9-10,17,21-22H,2,4-5,7-8,11-16,18H2,1H3/t21?,22-/m0/s1. The van der Waals surface area contributed by atoms with Crippen LogP contribution in [-0.4, -0.2) is 89.9 Å². The van der Waals surface area contributed by atoms with E-state index in [2.05, 4.69) is 51.2 Å². The second-order valence-corrected chi connectivity index (χ2v) is 9.13. The monoisotopic (exact) mass is 394 g/mol. The van der Waals surface area contributed by atoms with Gasteiger partial charge in [0.1, 0.15) is 0 Å². The quantitative estimate of drug-likeness (QED) is 0.767. The summed E-state index contributed by atoms with van der Waals surface area (Å²) < 4.78 is 0. The second-order valence-electron chi connectivity index (χ2n) is 9.13. The summed E-state index contributed by atoms with van der Waals surface area (Å²) in [5.74, 6) is 0. The minimum Gasteiger partial charge on any atom is -0.346 e. The van der Waals surface area contributed by atoms with Crippen molar-refractivity contribution in [2.75, 3.05) is 53.0 Å². The highest BCUT2D eigenvalue weighted by molar-refractivity contribution is 5.58. The zero-order valence-electron chi connectivity index (χ0n) is 17.7. The van der Waals surface area contributed by atoms with E-state index in [0.29, 0.717) is 6.04 Å². The molecule has 2 atom stereocenters. The fourth-order valence-corrected chi connectivity index (χ4v) is 5.50. The number of piperazine rings is 1. The van der Waals surface area contributed by atoms with Crippen LogP contribution in [0.1, 0.15) is 43.0 Å². The highest BCUT2D eigenvalue weighted by Crippen LogP contribution is 2.32. The summed E-state index contributed by atoms with van der Waals surface area (Å²) in [4.78, 5) is 19.6. The number of aromatic nitrogens is 1. The Morgan fingerprint density at radius 3 is 3.03 bits per heavy atom. The molecular formula is C23H34N6. The summed E-state index contributed by atoms with van der Waals surface area (Å²) in [6, 6.07) is 5.51. The van der Waals surface area contributed by atoms with Crippen LogP contribution < -0.4 is 0 Å². The Balaban J connectivity index is 1.13. The number of hydrogen-bond donors (Lipinski definition) is 0. The van der Waals surface area contributed by atoms with Gasteiger partial charge in [-0.3, -0.25) is 19.7 Å². The summed E-state index contributed by atoms with van der Waals surface area (Å²) in [6.45, 7) is 7.82. The van der Waals surface area contributed by atoms with Gasteiger partial charge in [-0.1, -0.05) is 6.07 Å². The maximum atomic E-state index is 4.80. The van der Waals surface area contributed by atoms with Crippen molar-refractivity contribution in [1.82, 2.24) is 24.6 Å². The fourth-order valence-electron chi connectivity index (χ4n) is 5.50. The van der Waals surface area contributed by atoms with Crippen molar-refractivity contribution in [2.24, 2.45) is 4.99 Å². The molecule has 0 aromatic carbocycles. The van der Waals surface area contributed by atoms with E-state index in [-0.39, 0.29) is 0 Å². The molecule has 0 saturated carbocycles. The predicted octanol–water partition coefficient (Wildman–Crippen LogP) is 2.36. The van der Waals surface area contributed by atoms with Crippen molar-refractivity contribution < 1.29 is 0 Å². The highest BCUT2D eigenvalue weighted by Gasteiger charge is 2.31. The first-order chi connectivity index (χ1) is 14.3. The first-order valence-electron chi connectivity index (χ1n) is 11.3. The first kappa shape index (κ1) is 19.2. The Labute approximate surface area is 174 Å². The summed E-state index contributed by atoms with van der Waals surface area (Å²) in [5, 5.41) is 0. The molecule has 5 rings (SSSR count). The molecule has 6 heteroatoms. The number of aryl methyl sites for hydroxylation is 1. The van der Waals surface area contributed by atoms with Crippen LogP contribution in [0.4, 0.5) is 0 Å². The molecule has 1 aromatic rings. The maximum absolute atomic E-state index is 4.80. The molecule has 1 unspecified atom stereocenters. The topological polar surface area (TPSA) is 38.2 Å². The SMILES string of the molecule is CN(CC1=CCN(CN2CCN3CCCC3C2)C=N1)[C@H]1CCCc2cccnc21. The lowest BCUT2D eigenvalue weighted by Crippen LogP contribution is -2.53. The lowest BCUT2D eigenvalue weighted by atomic mass is 9.91. The van der Waals surface area contributed by atoms with Crippen LogP contribution in [0.2, 0.25) is 0 Å². The summed E-state index contributed by atoms with van der Waals surface area (Å²) in [6.07, 6.45) is 12.7. The normalized spacial score (nSPS) is 27.8. The molecule has 0 N–H and O–H groups in total. The maximum Gasteiger partial charge on any atom is 0.0922 e. The highest BCUT2D eigenvalue weighted by atomic mass is 15.4. The molecule has 2 fully saturated rings. The molecule has 6 nitrogen and oxygen atoms in total. The molecule has 4 heterocycles. The molecule has 3 aliphatic heterocycles. The lowest BCUT2D eigenvalue weighted by molar-refractivity contribution is 0.0790. The molecular weight excluding hydrogens is 360 g/mol. The Morgan fingerprint density at radius 2 is 2.14 bits per heavy atom. The second kappa shape index (κ2) is 8.54. The average Bonchev–Trinajstić information content (AvgIpc) is 3.22. The molecule has 1 aliphatic carbocycles. The van der Waals surface area contributed by atoms with E-state index < -0.39 is 0 Å². The van der Waals surface area contributed by atoms with Gasteiger partial charge in [0, 0.05) is 45.0 Å². The number of likely N-dealkylation sites (N-methyl/N-ethyl adjacent to an activating group) is 1. The molecule has 0 amide bonds. The largest absolute Gasteiger partial charge is 0.346 e. The number of fused-ring (bicyclic) bond motifs is 2. The van der Waals surface area contributed by atoms with E-state index in [1.807, 2.05) is 6.20 Å². The molecule has 0 bridgehead atoms. The Kier molecular flexibility index (Phi) is 5.66. The lowest BCUT2D eigenvalue weighted by Gasteiger charge is -2.39. The minimum atomic E-state index is 0.414. The van der Waals surface area contributed by atoms with E-state index in [9.17, 15) is 0 Å². The molecule has 0 radical (unpaired) electrons. The van der Waals surface area contributed by atoms with E-state index >= 15 is 0 Å². The third kappa shape index (κ3) is 4.25. The predicted molar refractivity (Wildman–Crippen MR) is 117 cm³/mol. The number of nitrogens with zero attached hydrogens (tertiary/aromatic N) is 6. The number of pyridine rings is 1. The van der Waals surface area contributed by atoms with Crippen LogP contribution in [0.25, 0.3) is 0 Å². The van der Waals surface area contributed by atoms with Gasteiger partial charge in [0.2, 0.25) is 0 Å². The van der Waals surface area contributed by atoms with E-state index in [1.165, 1.54) is 75.2 Å². The van der Waals surface area contributed by atoms with Crippen molar-refractivity contribution in [3.63, 3.8) is 0 Å². The van der Waals surface area contributed by atoms with E-state index in [0.717, 1.165) is 25.8 Å². The zero-order chi connectivity index (χ0) is 19.6. The fraction of sp³-hybridized carbons (Fsp3) is 0.652. The molecule has 29 heavy (non-hydrogen) atoms. The number of rotatable bonds is 5. The van der Waals surface area contributed by atoms with Crippen LogP contribution in [0, 0.1) is 0 Å². The Morgan fingerprint density at radius 1 is 1.17 bits per heavy atom. The van der Waals surface area contributed by atoms with Crippen molar-refractivity contribution >= 4 is 6.34 Å². The Bertz CT molecular complexity index is 774. The molecule has 0 spiro atoms.